The van der Waals surface area contributed by atoms with Crippen LogP contribution in [0.25, 0.3) is 0 Å². The van der Waals surface area contributed by atoms with Gasteiger partial charge in [0, 0.05) is 0 Å². The molecule has 0 spiro atoms. The Bertz CT molecular complexity index is 981. The fourth-order valence-corrected chi connectivity index (χ4v) is 9.56. The van der Waals surface area contributed by atoms with Crippen LogP contribution < -0.4 is 37.6 Å². The Morgan fingerprint density at radius 3 is 1.45 bits per heavy atom. The van der Waals surface area contributed by atoms with Gasteiger partial charge in [-0.15, -0.1) is 0 Å². The first-order valence-electron chi connectivity index (χ1n) is 9.96. The summed E-state index contributed by atoms with van der Waals surface area (Å²) in [6, 6.07) is 30.1. The van der Waals surface area contributed by atoms with Crippen LogP contribution in [0.1, 0.15) is 19.8 Å². The summed E-state index contributed by atoms with van der Waals surface area (Å²) in [5.74, 6) is -0.441. The van der Waals surface area contributed by atoms with Crippen molar-refractivity contribution in [3.8, 4) is 0 Å². The molecule has 1 atom stereocenters. The van der Waals surface area contributed by atoms with E-state index in [1.807, 2.05) is 61.5 Å². The summed E-state index contributed by atoms with van der Waals surface area (Å²) < 4.78 is 26.2. The molecule has 3 aromatic rings. The number of hydrogen-bond donors (Lipinski definition) is 1. The van der Waals surface area contributed by atoms with Crippen LogP contribution in [-0.4, -0.2) is 26.2 Å². The average Bonchev–Trinajstić information content (AvgIpc) is 2.75. The number of benzene rings is 3. The molecule has 0 aliphatic heterocycles. The van der Waals surface area contributed by atoms with Crippen LogP contribution in [0, 0.1) is 0 Å². The lowest BCUT2D eigenvalue weighted by Gasteiger charge is -2.33. The summed E-state index contributed by atoms with van der Waals surface area (Å²) in [4.78, 5) is 13.5. The molecule has 0 aliphatic carbocycles. The average molecular weight is 520 g/mol. The molecule has 0 radical (unpaired) electrons. The summed E-state index contributed by atoms with van der Waals surface area (Å²) >= 11 is 0. The predicted molar refractivity (Wildman–Crippen MR) is 127 cm³/mol. The number of carbonyl (C=O) groups is 1. The second-order valence-corrected chi connectivity index (χ2v) is 12.6. The van der Waals surface area contributed by atoms with E-state index in [0.29, 0.717) is 6.42 Å². The number of sulfonamides is 1. The van der Waals surface area contributed by atoms with Crippen molar-refractivity contribution in [1.29, 1.82) is 0 Å². The van der Waals surface area contributed by atoms with Gasteiger partial charge in [0.15, 0.2) is 5.66 Å². The number of rotatable bonds is 8. The molecule has 0 aliphatic rings. The molecule has 0 heterocycles. The first-order chi connectivity index (χ1) is 14.4. The van der Waals surface area contributed by atoms with E-state index in [9.17, 15) is 13.2 Å². The van der Waals surface area contributed by atoms with Gasteiger partial charge in [-0.1, -0.05) is 67.9 Å². The van der Waals surface area contributed by atoms with Crippen LogP contribution in [0.15, 0.2) is 91.0 Å². The van der Waals surface area contributed by atoms with Crippen molar-refractivity contribution < 1.29 is 30.2 Å². The molecule has 31 heavy (non-hydrogen) atoms. The zero-order valence-corrected chi connectivity index (χ0v) is 20.9. The van der Waals surface area contributed by atoms with Crippen LogP contribution in [-0.2, 0) is 14.8 Å². The smallest absolute Gasteiger partial charge is 0.275 e. The molecule has 4 nitrogen and oxygen atoms in total. The SMILES string of the molecule is CCCC(C(=O)NS(C)(=O)=O)[P+](c1ccccc1)(c1ccccc1)c1ccccc1.[Br-]. The molecule has 0 fully saturated rings. The fraction of sp³-hybridized carbons (Fsp3) is 0.208. The van der Waals surface area contributed by atoms with E-state index < -0.39 is 28.9 Å². The minimum absolute atomic E-state index is 0. The van der Waals surface area contributed by atoms with Gasteiger partial charge in [-0.05, 0) is 42.8 Å². The molecule has 0 bridgehead atoms. The molecule has 7 heteroatoms. The largest absolute Gasteiger partial charge is 1.00 e. The van der Waals surface area contributed by atoms with E-state index in [0.717, 1.165) is 28.6 Å². The number of hydrogen-bond acceptors (Lipinski definition) is 3. The Balaban J connectivity index is 0.00000341. The monoisotopic (exact) mass is 519 g/mol. The molecule has 1 N–H and O–H groups in total. The fourth-order valence-electron chi connectivity index (χ4n) is 4.00. The highest BCUT2D eigenvalue weighted by Crippen LogP contribution is 2.61. The molecular weight excluding hydrogens is 493 g/mol. The predicted octanol–water partition coefficient (Wildman–Crippen LogP) is 0.229. The number of carbonyl (C=O) groups excluding carboxylic acids is 1. The first-order valence-corrected chi connectivity index (χ1v) is 13.7. The highest BCUT2D eigenvalue weighted by atomic mass is 79.9. The van der Waals surface area contributed by atoms with E-state index in [2.05, 4.69) is 41.1 Å². The van der Waals surface area contributed by atoms with Gasteiger partial charge in [0.25, 0.3) is 5.91 Å². The summed E-state index contributed by atoms with van der Waals surface area (Å²) in [5.41, 5.74) is -0.510. The van der Waals surface area contributed by atoms with Crippen LogP contribution in [0.3, 0.4) is 0 Å². The van der Waals surface area contributed by atoms with E-state index in [1.54, 1.807) is 0 Å². The molecule has 3 aromatic carbocycles. The van der Waals surface area contributed by atoms with Gasteiger partial charge < -0.3 is 17.0 Å². The lowest BCUT2D eigenvalue weighted by Crippen LogP contribution is -3.00. The lowest BCUT2D eigenvalue weighted by atomic mass is 10.2. The number of nitrogens with one attached hydrogen (secondary N) is 1. The standard InChI is InChI=1S/C24H26NO3PS.BrH/c1-3-13-23(24(26)25-30(2,27)28)29(20-14-7-4-8-15-20,21-16-9-5-10-17-21)22-18-11-6-12-19-22;/h4-12,14-19,23H,3,13H2,1-2H3;1H. The van der Waals surface area contributed by atoms with Gasteiger partial charge in [-0.25, -0.2) is 13.1 Å². The van der Waals surface area contributed by atoms with Gasteiger partial charge >= 0.3 is 0 Å². The maximum Gasteiger partial charge on any atom is 0.275 e. The lowest BCUT2D eigenvalue weighted by molar-refractivity contribution is -0.119. The molecule has 1 unspecified atom stereocenters. The molecule has 3 rings (SSSR count). The Kier molecular flexibility index (Phi) is 8.99. The molecule has 0 saturated carbocycles. The molecule has 0 aromatic heterocycles. The van der Waals surface area contributed by atoms with Crippen LogP contribution in [0.4, 0.5) is 0 Å². The Morgan fingerprint density at radius 1 is 0.806 bits per heavy atom. The topological polar surface area (TPSA) is 63.2 Å². The Morgan fingerprint density at radius 2 is 1.16 bits per heavy atom. The molecular formula is C24H27BrNO3PS. The van der Waals surface area contributed by atoms with Crippen molar-refractivity contribution >= 4 is 39.1 Å². The maximum atomic E-state index is 13.5. The minimum Gasteiger partial charge on any atom is -1.00 e. The Hall–Kier alpha value is -2.01. The third-order valence-corrected chi connectivity index (χ3v) is 10.4. The van der Waals surface area contributed by atoms with Gasteiger partial charge in [-0.2, -0.15) is 0 Å². The quantitative estimate of drug-likeness (QED) is 0.433. The highest BCUT2D eigenvalue weighted by Gasteiger charge is 2.55. The summed E-state index contributed by atoms with van der Waals surface area (Å²) in [6.07, 6.45) is 2.37. The first kappa shape index (κ1) is 25.3. The van der Waals surface area contributed by atoms with E-state index in [-0.39, 0.29) is 17.0 Å². The normalized spacial score (nSPS) is 12.5. The van der Waals surface area contributed by atoms with Crippen LogP contribution in [0.5, 0.6) is 0 Å². The Labute approximate surface area is 196 Å². The maximum absolute atomic E-state index is 13.5. The van der Waals surface area contributed by atoms with E-state index in [4.69, 9.17) is 0 Å². The third kappa shape index (κ3) is 5.62. The third-order valence-electron chi connectivity index (χ3n) is 5.11. The van der Waals surface area contributed by atoms with E-state index >= 15 is 0 Å². The second-order valence-electron chi connectivity index (χ2n) is 7.27. The number of amides is 1. The van der Waals surface area contributed by atoms with Crippen molar-refractivity contribution in [1.82, 2.24) is 4.72 Å². The summed E-state index contributed by atoms with van der Waals surface area (Å²) in [6.45, 7) is 2.02. The number of halogens is 1. The van der Waals surface area contributed by atoms with Crippen molar-refractivity contribution in [3.05, 3.63) is 91.0 Å². The van der Waals surface area contributed by atoms with Gasteiger partial charge in [-0.3, -0.25) is 4.79 Å². The van der Waals surface area contributed by atoms with Crippen molar-refractivity contribution in [3.63, 3.8) is 0 Å². The van der Waals surface area contributed by atoms with Gasteiger partial charge in [0.2, 0.25) is 10.0 Å². The minimum atomic E-state index is -3.68. The van der Waals surface area contributed by atoms with Crippen LogP contribution in [0.2, 0.25) is 0 Å². The molecule has 1 amide bonds. The van der Waals surface area contributed by atoms with E-state index in [1.165, 1.54) is 0 Å². The summed E-state index contributed by atoms with van der Waals surface area (Å²) in [5, 5.41) is 3.18. The van der Waals surface area contributed by atoms with Crippen molar-refractivity contribution in [2.45, 2.75) is 25.4 Å². The van der Waals surface area contributed by atoms with Crippen molar-refractivity contribution in [2.75, 3.05) is 6.26 Å². The summed E-state index contributed by atoms with van der Waals surface area (Å²) in [7, 11) is -6.17. The zero-order chi connectivity index (χ0) is 21.6. The van der Waals surface area contributed by atoms with Gasteiger partial charge in [0.05, 0.1) is 6.26 Å². The zero-order valence-electron chi connectivity index (χ0n) is 17.6. The van der Waals surface area contributed by atoms with Crippen molar-refractivity contribution in [2.24, 2.45) is 0 Å². The highest BCUT2D eigenvalue weighted by molar-refractivity contribution is 7.97. The van der Waals surface area contributed by atoms with Crippen LogP contribution >= 0.6 is 7.26 Å². The van der Waals surface area contributed by atoms with Gasteiger partial charge in [0.1, 0.15) is 23.2 Å². The second kappa shape index (κ2) is 11.0. The molecule has 0 saturated heterocycles. The molecule has 164 valence electrons.